The lowest BCUT2D eigenvalue weighted by Gasteiger charge is -2.18. The van der Waals surface area contributed by atoms with Crippen LogP contribution in [0.5, 0.6) is 0 Å². The van der Waals surface area contributed by atoms with Crippen LogP contribution in [0.3, 0.4) is 0 Å². The minimum atomic E-state index is -0.358. The first kappa shape index (κ1) is 23.3. The van der Waals surface area contributed by atoms with Gasteiger partial charge >= 0.3 is 0 Å². The van der Waals surface area contributed by atoms with Crippen LogP contribution in [0.15, 0.2) is 72.4 Å². The van der Waals surface area contributed by atoms with Crippen molar-refractivity contribution in [2.75, 3.05) is 29.2 Å². The van der Waals surface area contributed by atoms with Crippen molar-refractivity contribution in [2.45, 2.75) is 33.6 Å². The number of carbonyl (C=O) groups excluding carboxylic acids is 2. The largest absolute Gasteiger partial charge is 0.378 e. The maximum Gasteiger partial charge on any atom is 0.282 e. The highest BCUT2D eigenvalue weighted by atomic mass is 16.2. The zero-order chi connectivity index (χ0) is 24.6. The maximum atomic E-state index is 13.7. The van der Waals surface area contributed by atoms with Crippen molar-refractivity contribution in [2.24, 2.45) is 0 Å². The molecular weight excluding hydrogens is 422 g/mol. The quantitative estimate of drug-likeness (QED) is 0.473. The van der Waals surface area contributed by atoms with Crippen LogP contribution in [0, 0.1) is 13.8 Å². The topological polar surface area (TPSA) is 52.7 Å². The van der Waals surface area contributed by atoms with Gasteiger partial charge in [0, 0.05) is 25.5 Å². The van der Waals surface area contributed by atoms with Gasteiger partial charge in [0.1, 0.15) is 5.70 Å². The fraction of sp³-hybridized carbons (Fsp3) is 0.241. The van der Waals surface area contributed by atoms with Gasteiger partial charge in [0.2, 0.25) is 0 Å². The Hall–Kier alpha value is -3.86. The molecule has 34 heavy (non-hydrogen) atoms. The first-order valence-corrected chi connectivity index (χ1v) is 11.5. The summed E-state index contributed by atoms with van der Waals surface area (Å²) in [6.45, 7) is 8.32. The van der Waals surface area contributed by atoms with Crippen LogP contribution in [-0.2, 0) is 9.59 Å². The number of nitrogens with one attached hydrogen (secondary N) is 1. The van der Waals surface area contributed by atoms with Crippen molar-refractivity contribution in [3.8, 4) is 0 Å². The Morgan fingerprint density at radius 1 is 0.794 bits per heavy atom. The van der Waals surface area contributed by atoms with E-state index >= 15 is 0 Å². The van der Waals surface area contributed by atoms with Crippen LogP contribution < -0.4 is 15.1 Å². The van der Waals surface area contributed by atoms with E-state index < -0.39 is 0 Å². The van der Waals surface area contributed by atoms with Gasteiger partial charge in [-0.1, -0.05) is 44.2 Å². The summed E-state index contributed by atoms with van der Waals surface area (Å²) in [7, 11) is 3.90. The molecule has 0 fully saturated rings. The Balaban J connectivity index is 1.78. The summed E-state index contributed by atoms with van der Waals surface area (Å²) in [4.78, 5) is 30.5. The predicted octanol–water partition coefficient (Wildman–Crippen LogP) is 5.89. The van der Waals surface area contributed by atoms with Crippen LogP contribution in [-0.4, -0.2) is 25.9 Å². The number of hydrogen-bond donors (Lipinski definition) is 1. The second-order valence-electron chi connectivity index (χ2n) is 9.31. The third-order valence-corrected chi connectivity index (χ3v) is 6.35. The van der Waals surface area contributed by atoms with Gasteiger partial charge in [0.25, 0.3) is 11.8 Å². The molecule has 0 bridgehead atoms. The molecule has 0 aliphatic carbocycles. The van der Waals surface area contributed by atoms with Gasteiger partial charge in [0.15, 0.2) is 0 Å². The SMILES string of the molecule is Cc1ccc(C2=C(Nc3ccc(C(C)C)cc3)C(=O)N(c3ccc(N(C)C)cc3)C2=O)cc1C. The van der Waals surface area contributed by atoms with E-state index in [4.69, 9.17) is 0 Å². The minimum Gasteiger partial charge on any atom is -0.378 e. The summed E-state index contributed by atoms with van der Waals surface area (Å²) >= 11 is 0. The fourth-order valence-electron chi connectivity index (χ4n) is 4.04. The Labute approximate surface area is 201 Å². The van der Waals surface area contributed by atoms with Gasteiger partial charge in [-0.15, -0.1) is 0 Å². The molecule has 1 heterocycles. The molecule has 1 aliphatic heterocycles. The summed E-state index contributed by atoms with van der Waals surface area (Å²) in [6, 6.07) is 21.3. The van der Waals surface area contributed by atoms with E-state index in [0.29, 0.717) is 22.9 Å². The average molecular weight is 454 g/mol. The van der Waals surface area contributed by atoms with Crippen molar-refractivity contribution in [1.29, 1.82) is 0 Å². The lowest BCUT2D eigenvalue weighted by atomic mass is 9.99. The van der Waals surface area contributed by atoms with Gasteiger partial charge in [-0.25, -0.2) is 4.90 Å². The van der Waals surface area contributed by atoms with E-state index in [1.807, 2.05) is 99.6 Å². The molecule has 0 aromatic heterocycles. The van der Waals surface area contributed by atoms with Gasteiger partial charge in [-0.05, 0) is 78.4 Å². The van der Waals surface area contributed by atoms with Gasteiger partial charge in [-0.3, -0.25) is 9.59 Å². The second-order valence-corrected chi connectivity index (χ2v) is 9.31. The third-order valence-electron chi connectivity index (χ3n) is 6.35. The summed E-state index contributed by atoms with van der Waals surface area (Å²) in [5.41, 5.74) is 7.14. The van der Waals surface area contributed by atoms with Crippen LogP contribution in [0.2, 0.25) is 0 Å². The zero-order valence-corrected chi connectivity index (χ0v) is 20.6. The molecule has 1 aliphatic rings. The number of carbonyl (C=O) groups is 2. The number of hydrogen-bond acceptors (Lipinski definition) is 4. The average Bonchev–Trinajstić information content (AvgIpc) is 3.05. The van der Waals surface area contributed by atoms with Crippen molar-refractivity contribution in [3.05, 3.63) is 94.7 Å². The first-order valence-electron chi connectivity index (χ1n) is 11.5. The van der Waals surface area contributed by atoms with Crippen LogP contribution >= 0.6 is 0 Å². The van der Waals surface area contributed by atoms with Crippen molar-refractivity contribution in [1.82, 2.24) is 0 Å². The molecule has 0 atom stereocenters. The zero-order valence-electron chi connectivity index (χ0n) is 20.6. The number of imide groups is 1. The van der Waals surface area contributed by atoms with Crippen LogP contribution in [0.1, 0.15) is 42.0 Å². The lowest BCUT2D eigenvalue weighted by Crippen LogP contribution is -2.32. The van der Waals surface area contributed by atoms with E-state index in [1.54, 1.807) is 0 Å². The smallest absolute Gasteiger partial charge is 0.282 e. The van der Waals surface area contributed by atoms with E-state index in [1.165, 1.54) is 10.5 Å². The molecule has 2 amide bonds. The van der Waals surface area contributed by atoms with Crippen LogP contribution in [0.25, 0.3) is 5.57 Å². The maximum absolute atomic E-state index is 13.7. The van der Waals surface area contributed by atoms with Gasteiger partial charge in [-0.2, -0.15) is 0 Å². The number of rotatable bonds is 6. The first-order chi connectivity index (χ1) is 16.2. The highest BCUT2D eigenvalue weighted by Gasteiger charge is 2.40. The molecule has 1 N–H and O–H groups in total. The Morgan fingerprint density at radius 2 is 1.44 bits per heavy atom. The normalized spacial score (nSPS) is 13.8. The predicted molar refractivity (Wildman–Crippen MR) is 140 cm³/mol. The van der Waals surface area contributed by atoms with Gasteiger partial charge < -0.3 is 10.2 Å². The lowest BCUT2D eigenvalue weighted by molar-refractivity contribution is -0.120. The number of nitrogens with zero attached hydrogens (tertiary/aromatic N) is 2. The van der Waals surface area contributed by atoms with Crippen molar-refractivity contribution >= 4 is 34.4 Å². The second kappa shape index (κ2) is 9.18. The molecule has 3 aromatic carbocycles. The molecule has 4 rings (SSSR count). The number of anilines is 3. The Kier molecular flexibility index (Phi) is 6.29. The molecule has 5 nitrogen and oxygen atoms in total. The highest BCUT2D eigenvalue weighted by molar-refractivity contribution is 6.46. The monoisotopic (exact) mass is 453 g/mol. The molecule has 3 aromatic rings. The third kappa shape index (κ3) is 4.34. The number of benzene rings is 3. The Bertz CT molecular complexity index is 1270. The minimum absolute atomic E-state index is 0.294. The fourth-order valence-corrected chi connectivity index (χ4v) is 4.04. The summed E-state index contributed by atoms with van der Waals surface area (Å²) < 4.78 is 0. The molecule has 174 valence electrons. The van der Waals surface area contributed by atoms with Crippen molar-refractivity contribution in [3.63, 3.8) is 0 Å². The molecular formula is C29H31N3O2. The molecule has 0 saturated carbocycles. The summed E-state index contributed by atoms with van der Waals surface area (Å²) in [6.07, 6.45) is 0. The van der Waals surface area contributed by atoms with Crippen molar-refractivity contribution < 1.29 is 9.59 Å². The van der Waals surface area contributed by atoms with Crippen LogP contribution in [0.4, 0.5) is 17.1 Å². The molecule has 0 saturated heterocycles. The highest BCUT2D eigenvalue weighted by Crippen LogP contribution is 2.35. The molecule has 5 heteroatoms. The van der Waals surface area contributed by atoms with E-state index in [2.05, 4.69) is 19.2 Å². The number of aryl methyl sites for hydroxylation is 2. The molecule has 0 radical (unpaired) electrons. The van der Waals surface area contributed by atoms with E-state index in [9.17, 15) is 9.59 Å². The Morgan fingerprint density at radius 3 is 2.00 bits per heavy atom. The standard InChI is InChI=1S/C29H31N3O2/c1-18(2)21-9-11-23(12-10-21)30-27-26(22-8-7-19(3)20(4)17-22)28(33)32(29(27)34)25-15-13-24(14-16-25)31(5)6/h7-18,30H,1-6H3. The van der Waals surface area contributed by atoms with E-state index in [-0.39, 0.29) is 11.8 Å². The summed E-state index contributed by atoms with van der Waals surface area (Å²) in [5, 5.41) is 3.26. The molecule has 0 unspecified atom stereocenters. The van der Waals surface area contributed by atoms with Gasteiger partial charge in [0.05, 0.1) is 11.3 Å². The number of amides is 2. The molecule has 0 spiro atoms. The summed E-state index contributed by atoms with van der Waals surface area (Å²) in [5.74, 6) is -0.273. The van der Waals surface area contributed by atoms with E-state index in [0.717, 1.165) is 28.1 Å².